The minimum atomic E-state index is -0.492. The van der Waals surface area contributed by atoms with Gasteiger partial charge in [0.2, 0.25) is 5.95 Å². The summed E-state index contributed by atoms with van der Waals surface area (Å²) in [5.74, 6) is 0.689. The Morgan fingerprint density at radius 1 is 1.33 bits per heavy atom. The van der Waals surface area contributed by atoms with E-state index in [4.69, 9.17) is 4.74 Å². The first-order valence-electron chi connectivity index (χ1n) is 5.34. The molecule has 2 N–H and O–H groups in total. The third-order valence-electron chi connectivity index (χ3n) is 2.31. The van der Waals surface area contributed by atoms with Crippen LogP contribution < -0.4 is 15.4 Å². The average Bonchev–Trinajstić information content (AvgIpc) is 2.41. The summed E-state index contributed by atoms with van der Waals surface area (Å²) in [5, 5.41) is 5.62. The molecule has 0 fully saturated rings. The molecule has 0 unspecified atom stereocenters. The molecule has 0 bridgehead atoms. The van der Waals surface area contributed by atoms with E-state index in [0.717, 1.165) is 17.6 Å². The van der Waals surface area contributed by atoms with Crippen molar-refractivity contribution in [2.45, 2.75) is 0 Å². The summed E-state index contributed by atoms with van der Waals surface area (Å²) in [6.45, 7) is 0. The largest absolute Gasteiger partial charge is 0.497 e. The second kappa shape index (κ2) is 5.31. The number of hydrogen-bond donors (Lipinski definition) is 2. The number of hydrogen-bond acceptors (Lipinski definition) is 5. The molecule has 94 valence electrons. The second-order valence-corrected chi connectivity index (χ2v) is 3.50. The van der Waals surface area contributed by atoms with E-state index in [1.807, 2.05) is 18.2 Å². The fourth-order valence-corrected chi connectivity index (χ4v) is 1.43. The molecule has 0 saturated carbocycles. The lowest BCUT2D eigenvalue weighted by Crippen LogP contribution is -2.03. The van der Waals surface area contributed by atoms with Crippen molar-refractivity contribution < 1.29 is 9.13 Å². The van der Waals surface area contributed by atoms with Gasteiger partial charge in [-0.1, -0.05) is 6.07 Å². The monoisotopic (exact) mass is 248 g/mol. The number of ether oxygens (including phenoxy) is 1. The van der Waals surface area contributed by atoms with Crippen molar-refractivity contribution in [3.05, 3.63) is 36.3 Å². The van der Waals surface area contributed by atoms with Crippen LogP contribution in [0.15, 0.2) is 30.5 Å². The Kier molecular flexibility index (Phi) is 3.57. The molecular weight excluding hydrogens is 235 g/mol. The molecule has 0 amide bonds. The lowest BCUT2D eigenvalue weighted by Gasteiger charge is -2.08. The van der Waals surface area contributed by atoms with Gasteiger partial charge in [0.1, 0.15) is 5.75 Å². The maximum Gasteiger partial charge on any atom is 0.229 e. The molecule has 0 atom stereocenters. The van der Waals surface area contributed by atoms with Gasteiger partial charge in [-0.3, -0.25) is 0 Å². The zero-order valence-corrected chi connectivity index (χ0v) is 10.1. The number of nitrogens with one attached hydrogen (secondary N) is 2. The normalized spacial score (nSPS) is 9.94. The molecular formula is C12H13FN4O. The highest BCUT2D eigenvalue weighted by Gasteiger charge is 2.05. The van der Waals surface area contributed by atoms with E-state index in [1.165, 1.54) is 0 Å². The van der Waals surface area contributed by atoms with Gasteiger partial charge in [-0.05, 0) is 12.1 Å². The maximum absolute atomic E-state index is 13.2. The average molecular weight is 248 g/mol. The molecule has 18 heavy (non-hydrogen) atoms. The Morgan fingerprint density at radius 3 is 2.89 bits per heavy atom. The number of benzene rings is 1. The highest BCUT2D eigenvalue weighted by atomic mass is 19.1. The summed E-state index contributed by atoms with van der Waals surface area (Å²) >= 11 is 0. The van der Waals surface area contributed by atoms with E-state index in [-0.39, 0.29) is 5.82 Å². The molecule has 6 heteroatoms. The zero-order valence-electron chi connectivity index (χ0n) is 10.1. The number of anilines is 3. The van der Waals surface area contributed by atoms with Crippen LogP contribution in [0.25, 0.3) is 0 Å². The first kappa shape index (κ1) is 12.1. The van der Waals surface area contributed by atoms with E-state index in [0.29, 0.717) is 5.95 Å². The molecule has 5 nitrogen and oxygen atoms in total. The van der Waals surface area contributed by atoms with Crippen molar-refractivity contribution in [3.8, 4) is 5.75 Å². The molecule has 1 heterocycles. The lowest BCUT2D eigenvalue weighted by atomic mass is 10.3. The van der Waals surface area contributed by atoms with Gasteiger partial charge in [0.25, 0.3) is 0 Å². The van der Waals surface area contributed by atoms with Gasteiger partial charge in [0, 0.05) is 18.8 Å². The van der Waals surface area contributed by atoms with Crippen molar-refractivity contribution in [1.82, 2.24) is 9.97 Å². The van der Waals surface area contributed by atoms with E-state index in [9.17, 15) is 4.39 Å². The molecule has 0 aliphatic carbocycles. The van der Waals surface area contributed by atoms with E-state index < -0.39 is 5.82 Å². The SMILES string of the molecule is CNc1nc(Nc2cccc(OC)c2)ncc1F. The molecule has 0 radical (unpaired) electrons. The van der Waals surface area contributed by atoms with Gasteiger partial charge in [-0.15, -0.1) is 0 Å². The molecule has 0 spiro atoms. The van der Waals surface area contributed by atoms with Crippen LogP contribution in [-0.2, 0) is 0 Å². The lowest BCUT2D eigenvalue weighted by molar-refractivity contribution is 0.415. The Labute approximate surface area is 104 Å². The summed E-state index contributed by atoms with van der Waals surface area (Å²) in [5.41, 5.74) is 0.767. The predicted octanol–water partition coefficient (Wildman–Crippen LogP) is 2.41. The Hall–Kier alpha value is -2.37. The number of halogens is 1. The van der Waals surface area contributed by atoms with Crippen LogP contribution in [0.4, 0.5) is 21.8 Å². The minimum Gasteiger partial charge on any atom is -0.497 e. The third-order valence-corrected chi connectivity index (χ3v) is 2.31. The van der Waals surface area contributed by atoms with E-state index in [1.54, 1.807) is 20.2 Å². The van der Waals surface area contributed by atoms with Gasteiger partial charge >= 0.3 is 0 Å². The predicted molar refractivity (Wildman–Crippen MR) is 67.8 cm³/mol. The summed E-state index contributed by atoms with van der Waals surface area (Å²) in [6, 6.07) is 7.31. The van der Waals surface area contributed by atoms with Crippen molar-refractivity contribution in [2.75, 3.05) is 24.8 Å². The Morgan fingerprint density at radius 2 is 2.17 bits per heavy atom. The van der Waals surface area contributed by atoms with Crippen LogP contribution in [-0.4, -0.2) is 24.1 Å². The van der Waals surface area contributed by atoms with Crippen LogP contribution in [0.5, 0.6) is 5.75 Å². The molecule has 2 rings (SSSR count). The summed E-state index contributed by atoms with van der Waals surface area (Å²) in [7, 11) is 3.19. The molecule has 1 aromatic carbocycles. The summed E-state index contributed by atoms with van der Waals surface area (Å²) < 4.78 is 18.3. The Balaban J connectivity index is 2.22. The van der Waals surface area contributed by atoms with Gasteiger partial charge in [0.15, 0.2) is 11.6 Å². The van der Waals surface area contributed by atoms with E-state index in [2.05, 4.69) is 20.6 Å². The standard InChI is InChI=1S/C12H13FN4O/c1-14-11-10(13)7-15-12(17-11)16-8-4-3-5-9(6-8)18-2/h3-7H,1-2H3,(H2,14,15,16,17). The number of aromatic nitrogens is 2. The first-order valence-corrected chi connectivity index (χ1v) is 5.34. The molecule has 0 aliphatic heterocycles. The van der Waals surface area contributed by atoms with Crippen molar-refractivity contribution in [2.24, 2.45) is 0 Å². The number of nitrogens with zero attached hydrogens (tertiary/aromatic N) is 2. The summed E-state index contributed by atoms with van der Waals surface area (Å²) in [4.78, 5) is 7.85. The second-order valence-electron chi connectivity index (χ2n) is 3.50. The maximum atomic E-state index is 13.2. The zero-order chi connectivity index (χ0) is 13.0. The number of methoxy groups -OCH3 is 1. The summed E-state index contributed by atoms with van der Waals surface area (Å²) in [6.07, 6.45) is 1.11. The van der Waals surface area contributed by atoms with E-state index >= 15 is 0 Å². The van der Waals surface area contributed by atoms with Crippen molar-refractivity contribution in [3.63, 3.8) is 0 Å². The first-order chi connectivity index (χ1) is 8.72. The fourth-order valence-electron chi connectivity index (χ4n) is 1.43. The van der Waals surface area contributed by atoms with Gasteiger partial charge < -0.3 is 15.4 Å². The van der Waals surface area contributed by atoms with Gasteiger partial charge in [-0.25, -0.2) is 9.37 Å². The van der Waals surface area contributed by atoms with Gasteiger partial charge in [0.05, 0.1) is 13.3 Å². The molecule has 0 aliphatic rings. The quantitative estimate of drug-likeness (QED) is 0.870. The number of rotatable bonds is 4. The highest BCUT2D eigenvalue weighted by molar-refractivity contribution is 5.57. The van der Waals surface area contributed by atoms with Gasteiger partial charge in [-0.2, -0.15) is 4.98 Å². The van der Waals surface area contributed by atoms with Crippen LogP contribution in [0.2, 0.25) is 0 Å². The fraction of sp³-hybridized carbons (Fsp3) is 0.167. The smallest absolute Gasteiger partial charge is 0.229 e. The van der Waals surface area contributed by atoms with Crippen LogP contribution in [0.1, 0.15) is 0 Å². The minimum absolute atomic E-state index is 0.149. The van der Waals surface area contributed by atoms with Crippen molar-refractivity contribution in [1.29, 1.82) is 0 Å². The third kappa shape index (κ3) is 2.65. The molecule has 0 saturated heterocycles. The van der Waals surface area contributed by atoms with Crippen LogP contribution in [0, 0.1) is 5.82 Å². The Bertz CT molecular complexity index is 547. The topological polar surface area (TPSA) is 59.1 Å². The van der Waals surface area contributed by atoms with Crippen LogP contribution in [0.3, 0.4) is 0 Å². The molecule has 2 aromatic rings. The highest BCUT2D eigenvalue weighted by Crippen LogP contribution is 2.20. The van der Waals surface area contributed by atoms with Crippen LogP contribution >= 0.6 is 0 Å². The molecule has 1 aromatic heterocycles. The van der Waals surface area contributed by atoms with Crippen molar-refractivity contribution >= 4 is 17.5 Å².